The number of benzene rings is 1. The SMILES string of the molecule is CN(C)C[C]1[CH][CH][CH][C]1CNc1[14cH]cnc2cc(Cl)ccc12. The number of anilines is 1. The number of aromatic nitrogens is 1. The van der Waals surface area contributed by atoms with Crippen molar-refractivity contribution in [3.8, 4) is 0 Å². The Kier molecular flexibility index (Phi) is 4.84. The lowest BCUT2D eigenvalue weighted by molar-refractivity contribution is 0.427. The maximum absolute atomic E-state index is 6.03. The van der Waals surface area contributed by atoms with Crippen molar-refractivity contribution in [3.05, 3.63) is 66.6 Å². The first kappa shape index (κ1) is 15.6. The Labute approximate surface area is 137 Å². The Morgan fingerprint density at radius 1 is 1.23 bits per heavy atom. The van der Waals surface area contributed by atoms with E-state index in [1.807, 2.05) is 30.5 Å². The largest absolute Gasteiger partial charge is 0.384 e. The normalized spacial score (nSPS) is 16.7. The molecule has 1 saturated carbocycles. The van der Waals surface area contributed by atoms with Gasteiger partial charge in [-0.2, -0.15) is 0 Å². The Balaban J connectivity index is 1.71. The summed E-state index contributed by atoms with van der Waals surface area (Å²) >= 11 is 6.03. The van der Waals surface area contributed by atoms with Gasteiger partial charge in [-0.3, -0.25) is 4.98 Å². The van der Waals surface area contributed by atoms with Crippen LogP contribution in [-0.4, -0.2) is 37.1 Å². The second kappa shape index (κ2) is 6.84. The van der Waals surface area contributed by atoms with Crippen LogP contribution in [-0.2, 0) is 0 Å². The molecule has 0 aliphatic heterocycles. The minimum atomic E-state index is 0.710. The van der Waals surface area contributed by atoms with Gasteiger partial charge in [-0.05, 0) is 57.6 Å². The molecule has 5 radical (unpaired) electrons. The van der Waals surface area contributed by atoms with Crippen molar-refractivity contribution >= 4 is 28.2 Å². The van der Waals surface area contributed by atoms with Gasteiger partial charge in [-0.25, -0.2) is 0 Å². The zero-order chi connectivity index (χ0) is 15.5. The van der Waals surface area contributed by atoms with Crippen molar-refractivity contribution in [3.63, 3.8) is 0 Å². The van der Waals surface area contributed by atoms with E-state index in [0.29, 0.717) is 5.02 Å². The van der Waals surface area contributed by atoms with Crippen LogP contribution in [0.3, 0.4) is 0 Å². The molecule has 1 fully saturated rings. The molecule has 3 rings (SSSR count). The number of hydrogen-bond acceptors (Lipinski definition) is 3. The highest BCUT2D eigenvalue weighted by atomic mass is 35.5. The third kappa shape index (κ3) is 3.53. The second-order valence-corrected chi connectivity index (χ2v) is 6.12. The van der Waals surface area contributed by atoms with E-state index in [-0.39, 0.29) is 0 Å². The molecule has 113 valence electrons. The van der Waals surface area contributed by atoms with E-state index in [9.17, 15) is 0 Å². The number of nitrogens with one attached hydrogen (secondary N) is 1. The number of halogens is 1. The molecule has 0 atom stereocenters. The Morgan fingerprint density at radius 2 is 2.05 bits per heavy atom. The topological polar surface area (TPSA) is 28.2 Å². The first-order valence-electron chi connectivity index (χ1n) is 7.30. The second-order valence-electron chi connectivity index (χ2n) is 5.69. The van der Waals surface area contributed by atoms with E-state index in [1.54, 1.807) is 0 Å². The number of fused-ring (bicyclic) bond motifs is 1. The number of pyridine rings is 1. The summed E-state index contributed by atoms with van der Waals surface area (Å²) in [6.45, 7) is 1.76. The van der Waals surface area contributed by atoms with E-state index >= 15 is 0 Å². The van der Waals surface area contributed by atoms with Gasteiger partial charge in [-0.1, -0.05) is 11.6 Å². The van der Waals surface area contributed by atoms with E-state index in [0.717, 1.165) is 29.7 Å². The minimum Gasteiger partial charge on any atom is -0.384 e. The van der Waals surface area contributed by atoms with Gasteiger partial charge in [0.15, 0.2) is 0 Å². The fourth-order valence-electron chi connectivity index (χ4n) is 2.63. The molecule has 22 heavy (non-hydrogen) atoms. The van der Waals surface area contributed by atoms with Crippen molar-refractivity contribution in [2.45, 2.75) is 0 Å². The Hall–Kier alpha value is -1.32. The van der Waals surface area contributed by atoms with Crippen LogP contribution in [0.5, 0.6) is 0 Å². The predicted octanol–water partition coefficient (Wildman–Crippen LogP) is 3.64. The highest BCUT2D eigenvalue weighted by Gasteiger charge is 2.29. The molecular weight excluding hydrogens is 296 g/mol. The summed E-state index contributed by atoms with van der Waals surface area (Å²) in [5, 5.41) is 5.32. The van der Waals surface area contributed by atoms with Crippen LogP contribution in [0.1, 0.15) is 0 Å². The van der Waals surface area contributed by atoms with Gasteiger partial charge in [0.2, 0.25) is 0 Å². The van der Waals surface area contributed by atoms with Crippen molar-refractivity contribution < 1.29 is 0 Å². The van der Waals surface area contributed by atoms with E-state index in [2.05, 4.69) is 48.6 Å². The monoisotopic (exact) mass is 314 g/mol. The average Bonchev–Trinajstić information content (AvgIpc) is 2.91. The van der Waals surface area contributed by atoms with E-state index in [1.165, 1.54) is 11.8 Å². The molecule has 1 aromatic heterocycles. The number of nitrogens with zero attached hydrogens (tertiary/aromatic N) is 2. The molecular formula is C18H19ClN3. The molecule has 4 heteroatoms. The first-order chi connectivity index (χ1) is 10.6. The van der Waals surface area contributed by atoms with E-state index in [4.69, 9.17) is 11.6 Å². The van der Waals surface area contributed by atoms with Crippen LogP contribution in [0, 0.1) is 31.1 Å². The predicted molar refractivity (Wildman–Crippen MR) is 93.2 cm³/mol. The molecule has 3 nitrogen and oxygen atoms in total. The molecule has 0 amide bonds. The summed E-state index contributed by atoms with van der Waals surface area (Å²) in [5.74, 6) is 2.69. The molecule has 1 aliphatic carbocycles. The zero-order valence-electron chi connectivity index (χ0n) is 12.8. The standard InChI is InChI=1S/C18H19ClN3/c1-22(2)12-14-5-3-4-13(14)11-21-17-8-9-20-18-10-15(19)6-7-16(17)18/h3-10H,11-12H2,1-2H3,(H,20,21)/i8+2. The summed E-state index contributed by atoms with van der Waals surface area (Å²) in [4.78, 5) is 6.56. The lowest BCUT2D eigenvalue weighted by atomic mass is 9.95. The minimum absolute atomic E-state index is 0.710. The Bertz CT molecular complexity index is 641. The van der Waals surface area contributed by atoms with Crippen LogP contribution in [0.2, 0.25) is 5.02 Å². The zero-order valence-corrected chi connectivity index (χ0v) is 13.6. The van der Waals surface area contributed by atoms with Gasteiger partial charge >= 0.3 is 0 Å². The van der Waals surface area contributed by atoms with Gasteiger partial charge in [0.25, 0.3) is 0 Å². The highest BCUT2D eigenvalue weighted by molar-refractivity contribution is 6.31. The smallest absolute Gasteiger partial charge is 0.0737 e. The lowest BCUT2D eigenvalue weighted by Gasteiger charge is -2.22. The molecule has 0 unspecified atom stereocenters. The summed E-state index contributed by atoms with van der Waals surface area (Å²) in [7, 11) is 4.18. The highest BCUT2D eigenvalue weighted by Crippen LogP contribution is 2.34. The Morgan fingerprint density at radius 3 is 2.86 bits per heavy atom. The molecule has 2 aromatic rings. The molecule has 1 aliphatic rings. The molecule has 1 N–H and O–H groups in total. The summed E-state index contributed by atoms with van der Waals surface area (Å²) in [5.41, 5.74) is 1.99. The molecule has 1 heterocycles. The van der Waals surface area contributed by atoms with Crippen LogP contribution in [0.15, 0.2) is 30.5 Å². The maximum atomic E-state index is 6.03. The van der Waals surface area contributed by atoms with Crippen molar-refractivity contribution in [1.82, 2.24) is 9.88 Å². The average molecular weight is 315 g/mol. The molecule has 1 aromatic carbocycles. The van der Waals surface area contributed by atoms with Crippen molar-refractivity contribution in [1.29, 1.82) is 0 Å². The summed E-state index contributed by atoms with van der Waals surface area (Å²) in [6.07, 6.45) is 8.28. The molecule has 0 saturated heterocycles. The molecule has 0 spiro atoms. The molecule has 0 bridgehead atoms. The maximum Gasteiger partial charge on any atom is 0.0737 e. The van der Waals surface area contributed by atoms with Gasteiger partial charge in [0.05, 0.1) is 5.52 Å². The number of rotatable bonds is 5. The van der Waals surface area contributed by atoms with Crippen molar-refractivity contribution in [2.24, 2.45) is 0 Å². The van der Waals surface area contributed by atoms with E-state index < -0.39 is 0 Å². The van der Waals surface area contributed by atoms with Gasteiger partial charge < -0.3 is 10.2 Å². The van der Waals surface area contributed by atoms with Gasteiger partial charge in [0.1, 0.15) is 0 Å². The summed E-state index contributed by atoms with van der Waals surface area (Å²) in [6, 6.07) is 7.81. The fraction of sp³-hybridized carbons (Fsp3) is 0.222. The van der Waals surface area contributed by atoms with Crippen molar-refractivity contribution in [2.75, 3.05) is 32.5 Å². The quantitative estimate of drug-likeness (QED) is 0.913. The third-order valence-corrected chi connectivity index (χ3v) is 3.90. The van der Waals surface area contributed by atoms with Crippen LogP contribution >= 0.6 is 11.6 Å². The third-order valence-electron chi connectivity index (χ3n) is 3.67. The van der Waals surface area contributed by atoms with Crippen LogP contribution in [0.4, 0.5) is 5.69 Å². The number of hydrogen-bond donors (Lipinski definition) is 1. The van der Waals surface area contributed by atoms with Crippen LogP contribution in [0.25, 0.3) is 10.9 Å². The van der Waals surface area contributed by atoms with Crippen LogP contribution < -0.4 is 5.32 Å². The first-order valence-corrected chi connectivity index (χ1v) is 7.67. The lowest BCUT2D eigenvalue weighted by Crippen LogP contribution is -2.25. The van der Waals surface area contributed by atoms with Gasteiger partial charge in [0, 0.05) is 47.2 Å². The van der Waals surface area contributed by atoms with Gasteiger partial charge in [-0.15, -0.1) is 0 Å². The fourth-order valence-corrected chi connectivity index (χ4v) is 2.79. The summed E-state index contributed by atoms with van der Waals surface area (Å²) < 4.78 is 0.